The molecule has 0 aliphatic carbocycles. The number of hydrazone groups is 1. The third kappa shape index (κ3) is 3.59. The average Bonchev–Trinajstić information content (AvgIpc) is 3.41. The van der Waals surface area contributed by atoms with Crippen molar-refractivity contribution in [3.63, 3.8) is 0 Å². The largest absolute Gasteiger partial charge is 0.466 e. The van der Waals surface area contributed by atoms with Gasteiger partial charge in [0.05, 0.1) is 30.7 Å². The fourth-order valence-corrected chi connectivity index (χ4v) is 4.26. The first kappa shape index (κ1) is 20.7. The van der Waals surface area contributed by atoms with Crippen molar-refractivity contribution in [1.82, 2.24) is 4.90 Å². The Morgan fingerprint density at radius 3 is 2.55 bits per heavy atom. The van der Waals surface area contributed by atoms with E-state index in [9.17, 15) is 14.0 Å². The SMILES string of the molecule is CCOC(=O)C1=NN(c2ccc(F)cc2)C2=NC(C)=C(C(=O)OC)[C@@H](c3cccs3)N12. The van der Waals surface area contributed by atoms with Crippen molar-refractivity contribution in [2.45, 2.75) is 19.9 Å². The second-order valence-corrected chi connectivity index (χ2v) is 7.60. The number of hydrogen-bond acceptors (Lipinski definition) is 9. The van der Waals surface area contributed by atoms with E-state index < -0.39 is 23.8 Å². The third-order valence-electron chi connectivity index (χ3n) is 4.76. The molecule has 0 unspecified atom stereocenters. The minimum Gasteiger partial charge on any atom is -0.466 e. The number of thiophene rings is 1. The first-order chi connectivity index (χ1) is 15.0. The highest BCUT2D eigenvalue weighted by Gasteiger charge is 2.47. The summed E-state index contributed by atoms with van der Waals surface area (Å²) in [6.07, 6.45) is 0. The number of esters is 2. The summed E-state index contributed by atoms with van der Waals surface area (Å²) in [4.78, 5) is 32.4. The van der Waals surface area contributed by atoms with E-state index in [1.54, 1.807) is 18.7 Å². The fraction of sp³-hybridized carbons (Fsp3) is 0.238. The maximum atomic E-state index is 13.5. The Kier molecular flexibility index (Phi) is 5.55. The molecule has 0 bridgehead atoms. The van der Waals surface area contributed by atoms with Gasteiger partial charge in [-0.25, -0.2) is 19.0 Å². The molecule has 8 nitrogen and oxygen atoms in total. The molecule has 31 heavy (non-hydrogen) atoms. The molecule has 0 fully saturated rings. The number of ether oxygens (including phenoxy) is 2. The number of guanidine groups is 1. The summed E-state index contributed by atoms with van der Waals surface area (Å²) in [5.41, 5.74) is 1.24. The summed E-state index contributed by atoms with van der Waals surface area (Å²) in [5.74, 6) is -1.34. The van der Waals surface area contributed by atoms with Gasteiger partial charge in [-0.2, -0.15) is 5.01 Å². The summed E-state index contributed by atoms with van der Waals surface area (Å²) < 4.78 is 23.7. The van der Waals surface area contributed by atoms with Crippen LogP contribution in [0.2, 0.25) is 0 Å². The van der Waals surface area contributed by atoms with Crippen molar-refractivity contribution < 1.29 is 23.5 Å². The number of allylic oxidation sites excluding steroid dienone is 1. The predicted molar refractivity (Wildman–Crippen MR) is 114 cm³/mol. The molecule has 1 atom stereocenters. The van der Waals surface area contributed by atoms with Gasteiger partial charge in [0, 0.05) is 4.88 Å². The van der Waals surface area contributed by atoms with Crippen LogP contribution in [0, 0.1) is 5.82 Å². The zero-order chi connectivity index (χ0) is 22.1. The monoisotopic (exact) mass is 442 g/mol. The Bertz CT molecular complexity index is 1110. The quantitative estimate of drug-likeness (QED) is 0.660. The van der Waals surface area contributed by atoms with Crippen LogP contribution >= 0.6 is 11.3 Å². The molecular formula is C21H19FN4O4S. The number of nitrogens with zero attached hydrogens (tertiary/aromatic N) is 4. The minimum absolute atomic E-state index is 0.0303. The molecule has 3 heterocycles. The van der Waals surface area contributed by atoms with Gasteiger partial charge in [0.2, 0.25) is 11.8 Å². The number of methoxy groups -OCH3 is 1. The molecule has 4 rings (SSSR count). The summed E-state index contributed by atoms with van der Waals surface area (Å²) in [6.45, 7) is 3.54. The van der Waals surface area contributed by atoms with Gasteiger partial charge in [-0.05, 0) is 49.6 Å². The maximum Gasteiger partial charge on any atom is 0.376 e. The van der Waals surface area contributed by atoms with Crippen LogP contribution in [0.25, 0.3) is 0 Å². The van der Waals surface area contributed by atoms with Gasteiger partial charge in [0.25, 0.3) is 0 Å². The van der Waals surface area contributed by atoms with Crippen molar-refractivity contribution >= 4 is 40.8 Å². The molecule has 160 valence electrons. The normalized spacial score (nSPS) is 17.9. The smallest absolute Gasteiger partial charge is 0.376 e. The number of benzene rings is 1. The van der Waals surface area contributed by atoms with Crippen molar-refractivity contribution in [1.29, 1.82) is 0 Å². The molecule has 0 saturated heterocycles. The van der Waals surface area contributed by atoms with E-state index in [1.165, 1.54) is 47.7 Å². The van der Waals surface area contributed by atoms with E-state index in [-0.39, 0.29) is 12.4 Å². The lowest BCUT2D eigenvalue weighted by Gasteiger charge is -2.34. The van der Waals surface area contributed by atoms with Crippen LogP contribution in [-0.2, 0) is 19.1 Å². The molecule has 0 amide bonds. The van der Waals surface area contributed by atoms with E-state index >= 15 is 0 Å². The molecule has 2 aliphatic heterocycles. The lowest BCUT2D eigenvalue weighted by molar-refractivity contribution is -0.138. The fourth-order valence-electron chi connectivity index (χ4n) is 3.44. The van der Waals surface area contributed by atoms with Gasteiger partial charge in [0.1, 0.15) is 11.9 Å². The molecule has 2 aromatic rings. The minimum atomic E-state index is -0.687. The Labute approximate surface area is 181 Å². The van der Waals surface area contributed by atoms with E-state index in [4.69, 9.17) is 9.47 Å². The summed E-state index contributed by atoms with van der Waals surface area (Å²) >= 11 is 1.42. The lowest BCUT2D eigenvalue weighted by Crippen LogP contribution is -2.47. The number of carbonyl (C=O) groups is 2. The maximum absolute atomic E-state index is 13.5. The topological polar surface area (TPSA) is 83.8 Å². The molecule has 0 N–H and O–H groups in total. The van der Waals surface area contributed by atoms with Crippen LogP contribution in [0.3, 0.4) is 0 Å². The number of hydrogen-bond donors (Lipinski definition) is 0. The van der Waals surface area contributed by atoms with Crippen LogP contribution in [0.15, 0.2) is 63.1 Å². The molecule has 1 aromatic heterocycles. The predicted octanol–water partition coefficient (Wildman–Crippen LogP) is 3.44. The number of aliphatic imine (C=N–C) groups is 1. The first-order valence-corrected chi connectivity index (χ1v) is 10.4. The van der Waals surface area contributed by atoms with Crippen LogP contribution in [-0.4, -0.2) is 42.4 Å². The zero-order valence-corrected chi connectivity index (χ0v) is 17.9. The average molecular weight is 442 g/mol. The highest BCUT2D eigenvalue weighted by atomic mass is 32.1. The van der Waals surface area contributed by atoms with Gasteiger partial charge in [-0.15, -0.1) is 16.4 Å². The number of amidine groups is 1. The van der Waals surface area contributed by atoms with Crippen molar-refractivity contribution in [2.24, 2.45) is 10.1 Å². The number of halogens is 1. The van der Waals surface area contributed by atoms with Gasteiger partial charge < -0.3 is 9.47 Å². The Morgan fingerprint density at radius 1 is 1.19 bits per heavy atom. The van der Waals surface area contributed by atoms with Crippen molar-refractivity contribution in [3.05, 3.63) is 63.7 Å². The standard InChI is InChI=1S/C21H19FN4O4S/c1-4-30-20(28)18-24-26(14-9-7-13(22)8-10-14)21-23-12(2)16(19(27)29-3)17(25(18)21)15-6-5-11-31-15/h5-11,17H,4H2,1-3H3/t17-/m1/s1. The summed E-state index contributed by atoms with van der Waals surface area (Å²) in [6, 6.07) is 8.67. The van der Waals surface area contributed by atoms with Gasteiger partial charge in [-0.3, -0.25) is 4.90 Å². The van der Waals surface area contributed by atoms with E-state index in [2.05, 4.69) is 10.1 Å². The Hall–Kier alpha value is -3.53. The lowest BCUT2D eigenvalue weighted by atomic mass is 10.00. The Balaban J connectivity index is 1.92. The highest BCUT2D eigenvalue weighted by molar-refractivity contribution is 7.10. The molecule has 10 heteroatoms. The van der Waals surface area contributed by atoms with Crippen LogP contribution in [0.4, 0.5) is 10.1 Å². The Morgan fingerprint density at radius 2 is 1.94 bits per heavy atom. The van der Waals surface area contributed by atoms with Gasteiger partial charge in [0.15, 0.2) is 0 Å². The van der Waals surface area contributed by atoms with Crippen LogP contribution < -0.4 is 5.01 Å². The third-order valence-corrected chi connectivity index (χ3v) is 5.69. The molecule has 2 aliphatic rings. The van der Waals surface area contributed by atoms with Gasteiger partial charge in [-0.1, -0.05) is 6.07 Å². The number of carbonyl (C=O) groups excluding carboxylic acids is 2. The number of rotatable bonds is 5. The summed E-state index contributed by atoms with van der Waals surface area (Å²) in [7, 11) is 1.29. The van der Waals surface area contributed by atoms with Crippen molar-refractivity contribution in [3.8, 4) is 0 Å². The van der Waals surface area contributed by atoms with E-state index in [0.29, 0.717) is 22.9 Å². The van der Waals surface area contributed by atoms with Crippen LogP contribution in [0.5, 0.6) is 0 Å². The molecule has 1 aromatic carbocycles. The second-order valence-electron chi connectivity index (χ2n) is 6.62. The van der Waals surface area contributed by atoms with Crippen LogP contribution in [0.1, 0.15) is 24.8 Å². The molecule has 0 saturated carbocycles. The zero-order valence-electron chi connectivity index (χ0n) is 17.0. The highest BCUT2D eigenvalue weighted by Crippen LogP contribution is 2.41. The van der Waals surface area contributed by atoms with E-state index in [0.717, 1.165) is 4.88 Å². The second kappa shape index (κ2) is 8.31. The van der Waals surface area contributed by atoms with Gasteiger partial charge >= 0.3 is 11.9 Å². The molecular weight excluding hydrogens is 423 g/mol. The molecule has 0 radical (unpaired) electrons. The number of fused-ring (bicyclic) bond motifs is 1. The number of anilines is 1. The molecule has 0 spiro atoms. The first-order valence-electron chi connectivity index (χ1n) is 9.48. The van der Waals surface area contributed by atoms with E-state index in [1.807, 2.05) is 17.5 Å². The van der Waals surface area contributed by atoms with Crippen molar-refractivity contribution in [2.75, 3.05) is 18.7 Å². The summed E-state index contributed by atoms with van der Waals surface area (Å²) in [5, 5.41) is 7.75.